The molecule has 124 valence electrons. The molecule has 0 bridgehead atoms. The van der Waals surface area contributed by atoms with E-state index in [1.165, 1.54) is 18.2 Å². The molecule has 0 saturated heterocycles. The second-order valence-electron chi connectivity index (χ2n) is 4.88. The van der Waals surface area contributed by atoms with Gasteiger partial charge in [-0.15, -0.1) is 10.2 Å². The van der Waals surface area contributed by atoms with E-state index in [1.54, 1.807) is 6.07 Å². The molecule has 1 amide bonds. The molecule has 0 atom stereocenters. The molecule has 0 aliphatic carbocycles. The van der Waals surface area contributed by atoms with Crippen molar-refractivity contribution < 1.29 is 17.6 Å². The van der Waals surface area contributed by atoms with Crippen LogP contribution in [0.4, 0.5) is 9.52 Å². The topological polar surface area (TPSA) is 89.0 Å². The molecule has 0 unspecified atom stereocenters. The lowest BCUT2D eigenvalue weighted by Crippen LogP contribution is -2.10. The van der Waals surface area contributed by atoms with Crippen LogP contribution in [0, 0.1) is 5.82 Å². The summed E-state index contributed by atoms with van der Waals surface area (Å²) in [6, 6.07) is 5.65. The van der Waals surface area contributed by atoms with E-state index in [1.807, 2.05) is 6.92 Å². The van der Waals surface area contributed by atoms with E-state index < -0.39 is 21.4 Å². The zero-order chi connectivity index (χ0) is 16.9. The summed E-state index contributed by atoms with van der Waals surface area (Å²) in [6.45, 7) is 1.96. The first-order valence-electron chi connectivity index (χ1n) is 7.02. The van der Waals surface area contributed by atoms with Crippen LogP contribution in [0.15, 0.2) is 28.6 Å². The van der Waals surface area contributed by atoms with Crippen LogP contribution in [0.2, 0.25) is 0 Å². The Bertz CT molecular complexity index is 790. The normalized spacial score (nSPS) is 11.4. The van der Waals surface area contributed by atoms with Crippen molar-refractivity contribution in [1.82, 2.24) is 10.2 Å². The molecule has 1 aromatic carbocycles. The molecule has 1 aromatic heterocycles. The van der Waals surface area contributed by atoms with Gasteiger partial charge in [-0.05, 0) is 12.5 Å². The van der Waals surface area contributed by atoms with Gasteiger partial charge < -0.3 is 5.32 Å². The highest BCUT2D eigenvalue weighted by atomic mass is 32.2. The fourth-order valence-corrected chi connectivity index (χ4v) is 4.13. The average molecular weight is 357 g/mol. The van der Waals surface area contributed by atoms with Gasteiger partial charge in [-0.25, -0.2) is 12.8 Å². The van der Waals surface area contributed by atoms with Gasteiger partial charge in [-0.3, -0.25) is 4.79 Å². The summed E-state index contributed by atoms with van der Waals surface area (Å²) in [5.74, 6) is -1.33. The van der Waals surface area contributed by atoms with Crippen LogP contribution < -0.4 is 5.32 Å². The number of benzene rings is 1. The number of hydrogen-bond donors (Lipinski definition) is 1. The van der Waals surface area contributed by atoms with E-state index in [-0.39, 0.29) is 20.9 Å². The largest absolute Gasteiger partial charge is 0.301 e. The van der Waals surface area contributed by atoms with Crippen molar-refractivity contribution in [3.8, 4) is 0 Å². The van der Waals surface area contributed by atoms with Crippen LogP contribution in [0.1, 0.15) is 31.7 Å². The highest BCUT2D eigenvalue weighted by Crippen LogP contribution is 2.24. The number of carbonyl (C=O) groups excluding carboxylic acids is 1. The quantitative estimate of drug-likeness (QED) is 0.770. The number of anilines is 1. The second-order valence-corrected chi connectivity index (χ2v) is 8.02. The molecule has 0 aliphatic heterocycles. The lowest BCUT2D eigenvalue weighted by Gasteiger charge is -2.02. The van der Waals surface area contributed by atoms with Gasteiger partial charge in [-0.1, -0.05) is 42.9 Å². The van der Waals surface area contributed by atoms with Gasteiger partial charge >= 0.3 is 0 Å². The van der Waals surface area contributed by atoms with Crippen LogP contribution in [0.5, 0.6) is 0 Å². The Morgan fingerprint density at radius 3 is 2.74 bits per heavy atom. The number of rotatable bonds is 7. The lowest BCUT2D eigenvalue weighted by molar-refractivity contribution is -0.116. The molecule has 2 aromatic rings. The zero-order valence-corrected chi connectivity index (χ0v) is 14.1. The number of carbonyl (C=O) groups is 1. The van der Waals surface area contributed by atoms with Gasteiger partial charge in [-0.2, -0.15) is 0 Å². The van der Waals surface area contributed by atoms with Gasteiger partial charge in [0, 0.05) is 12.0 Å². The zero-order valence-electron chi connectivity index (χ0n) is 12.5. The number of nitrogens with one attached hydrogen (secondary N) is 1. The number of sulfone groups is 1. The fraction of sp³-hybridized carbons (Fsp3) is 0.357. The molecule has 1 N–H and O–H groups in total. The van der Waals surface area contributed by atoms with Crippen molar-refractivity contribution in [3.05, 3.63) is 35.6 Å². The number of aromatic nitrogens is 2. The molecular formula is C14H16FN3O3S2. The maximum absolute atomic E-state index is 13.6. The third-order valence-electron chi connectivity index (χ3n) is 2.98. The lowest BCUT2D eigenvalue weighted by atomic mass is 10.2. The maximum Gasteiger partial charge on any atom is 0.234 e. The molecule has 0 aliphatic rings. The second kappa shape index (κ2) is 7.60. The van der Waals surface area contributed by atoms with E-state index in [2.05, 4.69) is 15.5 Å². The number of unbranched alkanes of at least 4 members (excludes halogenated alkanes) is 1. The van der Waals surface area contributed by atoms with Crippen molar-refractivity contribution in [2.45, 2.75) is 36.3 Å². The Morgan fingerprint density at radius 1 is 1.30 bits per heavy atom. The third-order valence-corrected chi connectivity index (χ3v) is 5.93. The predicted molar refractivity (Wildman–Crippen MR) is 85.4 cm³/mol. The first kappa shape index (κ1) is 17.5. The Kier molecular flexibility index (Phi) is 5.78. The highest BCUT2D eigenvalue weighted by Gasteiger charge is 2.23. The minimum absolute atomic E-state index is 0.0660. The van der Waals surface area contributed by atoms with E-state index >= 15 is 0 Å². The average Bonchev–Trinajstić information content (AvgIpc) is 2.97. The van der Waals surface area contributed by atoms with Gasteiger partial charge in [0.2, 0.25) is 25.2 Å². The summed E-state index contributed by atoms with van der Waals surface area (Å²) in [4.78, 5) is 11.6. The van der Waals surface area contributed by atoms with Crippen LogP contribution in [-0.4, -0.2) is 24.5 Å². The van der Waals surface area contributed by atoms with Gasteiger partial charge in [0.15, 0.2) is 0 Å². The first-order chi connectivity index (χ1) is 10.9. The molecule has 23 heavy (non-hydrogen) atoms. The molecule has 0 saturated carbocycles. The summed E-state index contributed by atoms with van der Waals surface area (Å²) in [6.07, 6.45) is 1.96. The van der Waals surface area contributed by atoms with Gasteiger partial charge in [0.25, 0.3) is 0 Å². The molecule has 0 spiro atoms. The van der Waals surface area contributed by atoms with Crippen LogP contribution >= 0.6 is 11.3 Å². The first-order valence-corrected chi connectivity index (χ1v) is 9.49. The predicted octanol–water partition coefficient (Wildman–Crippen LogP) is 2.78. The Balaban J connectivity index is 2.09. The highest BCUT2D eigenvalue weighted by molar-refractivity contribution is 7.92. The summed E-state index contributed by atoms with van der Waals surface area (Å²) >= 11 is 0.762. The van der Waals surface area contributed by atoms with Crippen LogP contribution in [0.3, 0.4) is 0 Å². The molecule has 1 heterocycles. The maximum atomic E-state index is 13.6. The van der Waals surface area contributed by atoms with E-state index in [4.69, 9.17) is 0 Å². The van der Waals surface area contributed by atoms with E-state index in [9.17, 15) is 17.6 Å². The van der Waals surface area contributed by atoms with Crippen LogP contribution in [-0.2, 0) is 20.4 Å². The number of amides is 1. The SMILES string of the molecule is CCCCC(=O)Nc1nnc(S(=O)(=O)Cc2ccccc2F)s1. The number of hydrogen-bond acceptors (Lipinski definition) is 6. The summed E-state index contributed by atoms with van der Waals surface area (Å²) in [5, 5.41) is 9.88. The van der Waals surface area contributed by atoms with Gasteiger partial charge in [0.05, 0.1) is 5.75 Å². The Hall–Kier alpha value is -1.87. The molecular weight excluding hydrogens is 341 g/mol. The van der Waals surface area contributed by atoms with E-state index in [0.29, 0.717) is 6.42 Å². The number of nitrogens with zero attached hydrogens (tertiary/aromatic N) is 2. The smallest absolute Gasteiger partial charge is 0.234 e. The fourth-order valence-electron chi connectivity index (χ4n) is 1.79. The summed E-state index contributed by atoms with van der Waals surface area (Å²) in [7, 11) is -3.81. The minimum Gasteiger partial charge on any atom is -0.301 e. The molecule has 2 rings (SSSR count). The molecule has 0 fully saturated rings. The molecule has 0 radical (unpaired) electrons. The Morgan fingerprint density at radius 2 is 2.04 bits per heavy atom. The van der Waals surface area contributed by atoms with Crippen molar-refractivity contribution >= 4 is 32.2 Å². The van der Waals surface area contributed by atoms with E-state index in [0.717, 1.165) is 24.2 Å². The monoisotopic (exact) mass is 357 g/mol. The minimum atomic E-state index is -3.81. The van der Waals surface area contributed by atoms with Crippen molar-refractivity contribution in [2.24, 2.45) is 0 Å². The Labute approximate surface area is 137 Å². The molecule has 9 heteroatoms. The van der Waals surface area contributed by atoms with Crippen molar-refractivity contribution in [3.63, 3.8) is 0 Å². The van der Waals surface area contributed by atoms with Crippen molar-refractivity contribution in [2.75, 3.05) is 5.32 Å². The standard InChI is InChI=1S/C14H16FN3O3S2/c1-2-3-8-12(19)16-13-17-18-14(22-13)23(20,21)9-10-6-4-5-7-11(10)15/h4-7H,2-3,8-9H2,1H3,(H,16,17,19). The van der Waals surface area contributed by atoms with Gasteiger partial charge in [0.1, 0.15) is 5.82 Å². The number of halogens is 1. The third kappa shape index (κ3) is 4.80. The summed E-state index contributed by atoms with van der Waals surface area (Å²) in [5.41, 5.74) is 0.0660. The molecule has 6 nitrogen and oxygen atoms in total. The van der Waals surface area contributed by atoms with Crippen LogP contribution in [0.25, 0.3) is 0 Å². The summed E-state index contributed by atoms with van der Waals surface area (Å²) < 4.78 is 37.8. The van der Waals surface area contributed by atoms with Crippen molar-refractivity contribution in [1.29, 1.82) is 0 Å².